The Morgan fingerprint density at radius 2 is 1.87 bits per heavy atom. The zero-order valence-electron chi connectivity index (χ0n) is 25.1. The van der Waals surface area contributed by atoms with Crippen LogP contribution in [0.25, 0.3) is 10.1 Å². The molecule has 5 rings (SSSR count). The van der Waals surface area contributed by atoms with Crippen molar-refractivity contribution in [3.05, 3.63) is 113 Å². The van der Waals surface area contributed by atoms with Gasteiger partial charge < -0.3 is 14.6 Å². The smallest absolute Gasteiger partial charge is 0.328 e. The van der Waals surface area contributed by atoms with Gasteiger partial charge in [0.1, 0.15) is 6.04 Å². The normalized spacial score (nSPS) is 11.9. The number of aromatic nitrogens is 2. The Balaban J connectivity index is 1.47. The van der Waals surface area contributed by atoms with E-state index in [1.54, 1.807) is 91.0 Å². The Bertz CT molecular complexity index is 1980. The number of hydrogen-bond donors (Lipinski definition) is 1. The Labute approximate surface area is 275 Å². The number of thioether (sulfide) groups is 1. The molecule has 46 heavy (non-hydrogen) atoms. The number of rotatable bonds is 13. The van der Waals surface area contributed by atoms with E-state index in [2.05, 4.69) is 16.4 Å². The lowest BCUT2D eigenvalue weighted by molar-refractivity contribution is -0.142. The molecule has 0 unspecified atom stereocenters. The summed E-state index contributed by atoms with van der Waals surface area (Å²) in [5, 5.41) is 12.6. The molecule has 2 heterocycles. The number of carbonyl (C=O) groups excluding carboxylic acids is 2. The van der Waals surface area contributed by atoms with Crippen LogP contribution in [-0.4, -0.2) is 55.0 Å². The number of thiophene rings is 1. The number of nitriles is 1. The molecule has 2 aromatic heterocycles. The molecule has 0 aliphatic heterocycles. The highest BCUT2D eigenvalue weighted by Crippen LogP contribution is 2.33. The summed E-state index contributed by atoms with van der Waals surface area (Å²) in [6.07, 6.45) is 5.64. The number of nitrogens with zero attached hydrogens (tertiary/aromatic N) is 4. The zero-order chi connectivity index (χ0) is 32.7. The Morgan fingerprint density at radius 1 is 1.11 bits per heavy atom. The first-order chi connectivity index (χ1) is 22.2. The average Bonchev–Trinajstić information content (AvgIpc) is 3.72. The molecule has 1 amide bonds. The van der Waals surface area contributed by atoms with Gasteiger partial charge in [0.2, 0.25) is 0 Å². The van der Waals surface area contributed by atoms with Gasteiger partial charge in [-0.25, -0.2) is 18.2 Å². The molecule has 0 spiro atoms. The fourth-order valence-corrected chi connectivity index (χ4v) is 7.71. The van der Waals surface area contributed by atoms with Gasteiger partial charge in [-0.15, -0.1) is 11.3 Å². The highest BCUT2D eigenvalue weighted by atomic mass is 32.2. The Kier molecular flexibility index (Phi) is 10.4. The molecule has 236 valence electrons. The standard InChI is InChI=1S/C33H31N5O5S3/c1-43-33(40)29(14-15-44-2)36-32(39)31-17-25-16-26(12-13-30(25)45-31)38(46(41,42)28-6-4-3-5-7-28)21-27-19-35-22-37(27)20-24-10-8-23(18-34)9-11-24/h3-13,16-17,19,22,29H,14-15,20-21H2,1-2H3,(H,36,39)/t29-/m0/s1. The summed E-state index contributed by atoms with van der Waals surface area (Å²) in [5.41, 5.74) is 2.57. The van der Waals surface area contributed by atoms with E-state index in [0.29, 0.717) is 45.9 Å². The molecule has 13 heteroatoms. The van der Waals surface area contributed by atoms with Crippen molar-refractivity contribution in [2.75, 3.05) is 23.4 Å². The number of amides is 1. The number of nitrogens with one attached hydrogen (secondary N) is 1. The highest BCUT2D eigenvalue weighted by Gasteiger charge is 2.27. The largest absolute Gasteiger partial charge is 0.467 e. The van der Waals surface area contributed by atoms with E-state index in [-0.39, 0.29) is 11.4 Å². The molecule has 0 fully saturated rings. The first-order valence-corrected chi connectivity index (χ1v) is 17.9. The fourth-order valence-electron chi connectivity index (χ4n) is 4.84. The maximum Gasteiger partial charge on any atom is 0.328 e. The van der Waals surface area contributed by atoms with Crippen LogP contribution in [0.5, 0.6) is 0 Å². The van der Waals surface area contributed by atoms with Gasteiger partial charge in [0, 0.05) is 17.4 Å². The molecular weight excluding hydrogens is 643 g/mol. The second kappa shape index (κ2) is 14.6. The van der Waals surface area contributed by atoms with Crippen molar-refractivity contribution in [2.45, 2.75) is 30.4 Å². The van der Waals surface area contributed by atoms with E-state index in [1.165, 1.54) is 22.8 Å². The molecule has 0 aliphatic rings. The van der Waals surface area contributed by atoms with E-state index in [9.17, 15) is 18.0 Å². The number of ether oxygens (including phenoxy) is 1. The Hall–Kier alpha value is -4.64. The van der Waals surface area contributed by atoms with E-state index in [1.807, 2.05) is 23.0 Å². The van der Waals surface area contributed by atoms with Gasteiger partial charge in [0.15, 0.2) is 0 Å². The molecule has 1 atom stereocenters. The second-order valence-electron chi connectivity index (χ2n) is 10.3. The third kappa shape index (κ3) is 7.42. The summed E-state index contributed by atoms with van der Waals surface area (Å²) >= 11 is 2.82. The number of methoxy groups -OCH3 is 1. The first kappa shape index (κ1) is 32.7. The van der Waals surface area contributed by atoms with Crippen molar-refractivity contribution in [3.63, 3.8) is 0 Å². The van der Waals surface area contributed by atoms with Crippen LogP contribution >= 0.6 is 23.1 Å². The molecule has 1 N–H and O–H groups in total. The lowest BCUT2D eigenvalue weighted by Crippen LogP contribution is -2.41. The number of anilines is 1. The SMILES string of the molecule is COC(=O)[C@H](CCSC)NC(=O)c1cc2cc(N(Cc3cncn3Cc3ccc(C#N)cc3)S(=O)(=O)c3ccccc3)ccc2s1. The molecule has 0 saturated carbocycles. The van der Waals surface area contributed by atoms with Crippen molar-refractivity contribution in [3.8, 4) is 6.07 Å². The molecule has 3 aromatic carbocycles. The number of imidazole rings is 1. The third-order valence-corrected chi connectivity index (χ3v) is 10.8. The van der Waals surface area contributed by atoms with Gasteiger partial charge in [-0.05, 0) is 77.9 Å². The van der Waals surface area contributed by atoms with Crippen LogP contribution in [0.2, 0.25) is 0 Å². The van der Waals surface area contributed by atoms with Gasteiger partial charge in [-0.2, -0.15) is 17.0 Å². The minimum atomic E-state index is -4.02. The number of benzene rings is 3. The van der Waals surface area contributed by atoms with Crippen molar-refractivity contribution in [2.24, 2.45) is 0 Å². The predicted molar refractivity (Wildman–Crippen MR) is 180 cm³/mol. The second-order valence-corrected chi connectivity index (χ2v) is 14.2. The molecule has 0 aliphatic carbocycles. The average molecular weight is 674 g/mol. The van der Waals surface area contributed by atoms with Gasteiger partial charge in [-0.3, -0.25) is 9.10 Å². The number of sulfonamides is 1. The van der Waals surface area contributed by atoms with Crippen LogP contribution in [-0.2, 0) is 32.6 Å². The van der Waals surface area contributed by atoms with E-state index in [0.717, 1.165) is 10.3 Å². The maximum atomic E-state index is 14.1. The summed E-state index contributed by atoms with van der Waals surface area (Å²) in [6, 6.07) is 23.7. The van der Waals surface area contributed by atoms with Crippen molar-refractivity contribution in [1.82, 2.24) is 14.9 Å². The van der Waals surface area contributed by atoms with Crippen molar-refractivity contribution < 1.29 is 22.7 Å². The summed E-state index contributed by atoms with van der Waals surface area (Å²) < 4.78 is 37.1. The monoisotopic (exact) mass is 673 g/mol. The number of fused-ring (bicyclic) bond motifs is 1. The van der Waals surface area contributed by atoms with Crippen LogP contribution in [0.4, 0.5) is 5.69 Å². The lowest BCUT2D eigenvalue weighted by Gasteiger charge is -2.25. The number of esters is 1. The number of carbonyl (C=O) groups is 2. The quantitative estimate of drug-likeness (QED) is 0.163. The predicted octanol–water partition coefficient (Wildman–Crippen LogP) is 5.44. The van der Waals surface area contributed by atoms with Crippen molar-refractivity contribution in [1.29, 1.82) is 5.26 Å². The van der Waals surface area contributed by atoms with Crippen LogP contribution in [0, 0.1) is 11.3 Å². The molecule has 0 saturated heterocycles. The van der Waals surface area contributed by atoms with E-state index in [4.69, 9.17) is 10.00 Å². The third-order valence-electron chi connectivity index (χ3n) is 7.28. The highest BCUT2D eigenvalue weighted by molar-refractivity contribution is 7.98. The minimum absolute atomic E-state index is 0.00720. The van der Waals surface area contributed by atoms with Crippen LogP contribution in [0.15, 0.2) is 96.3 Å². The lowest BCUT2D eigenvalue weighted by atomic mass is 10.1. The molecule has 10 nitrogen and oxygen atoms in total. The van der Waals surface area contributed by atoms with E-state index >= 15 is 0 Å². The summed E-state index contributed by atoms with van der Waals surface area (Å²) in [7, 11) is -2.73. The molecular formula is C33H31N5O5S3. The zero-order valence-corrected chi connectivity index (χ0v) is 27.6. The summed E-state index contributed by atoms with van der Waals surface area (Å²) in [4.78, 5) is 30.2. The van der Waals surface area contributed by atoms with Gasteiger partial charge in [0.25, 0.3) is 15.9 Å². The topological polar surface area (TPSA) is 134 Å². The van der Waals surface area contributed by atoms with E-state index < -0.39 is 27.9 Å². The first-order valence-electron chi connectivity index (χ1n) is 14.2. The van der Waals surface area contributed by atoms with Crippen LogP contribution < -0.4 is 9.62 Å². The van der Waals surface area contributed by atoms with Crippen LogP contribution in [0.1, 0.15) is 32.9 Å². The minimum Gasteiger partial charge on any atom is -0.467 e. The van der Waals surface area contributed by atoms with Gasteiger partial charge in [-0.1, -0.05) is 30.3 Å². The van der Waals surface area contributed by atoms with Crippen molar-refractivity contribution >= 4 is 60.8 Å². The number of hydrogen-bond acceptors (Lipinski definition) is 9. The van der Waals surface area contributed by atoms with Gasteiger partial charge >= 0.3 is 5.97 Å². The summed E-state index contributed by atoms with van der Waals surface area (Å²) in [6.45, 7) is 0.429. The Morgan fingerprint density at radius 3 is 2.57 bits per heavy atom. The van der Waals surface area contributed by atoms with Crippen LogP contribution in [0.3, 0.4) is 0 Å². The molecule has 5 aromatic rings. The maximum absolute atomic E-state index is 14.1. The van der Waals surface area contributed by atoms with Gasteiger partial charge in [0.05, 0.1) is 52.8 Å². The molecule has 0 radical (unpaired) electrons. The molecule has 0 bridgehead atoms. The summed E-state index contributed by atoms with van der Waals surface area (Å²) in [5.74, 6) is -0.237. The fraction of sp³-hybridized carbons (Fsp3) is 0.212.